The number of carbonyl (C=O) groups is 1. The average molecular weight is 344 g/mol. The van der Waals surface area contributed by atoms with Crippen LogP contribution in [0.2, 0.25) is 10.0 Å². The summed E-state index contributed by atoms with van der Waals surface area (Å²) >= 11 is 11.1. The van der Waals surface area contributed by atoms with Gasteiger partial charge in [-0.05, 0) is 18.1 Å². The molecule has 0 heterocycles. The fraction of sp³-hybridized carbons (Fsp3) is 0.364. The van der Waals surface area contributed by atoms with Crippen molar-refractivity contribution in [1.82, 2.24) is 4.72 Å². The maximum Gasteiger partial charge on any atom is 0.303 e. The zero-order valence-corrected chi connectivity index (χ0v) is 12.7. The van der Waals surface area contributed by atoms with Gasteiger partial charge in [0.25, 0.3) is 0 Å². The number of hydrogen-bond donors (Lipinski definition) is 2. The molecule has 112 valence electrons. The molecule has 1 rings (SSSR count). The third-order valence-electron chi connectivity index (χ3n) is 2.43. The second-order valence-corrected chi connectivity index (χ2v) is 6.75. The van der Waals surface area contributed by atoms with E-state index in [1.807, 2.05) is 0 Å². The number of carboxylic acid groups (broad SMARTS) is 1. The third kappa shape index (κ3) is 4.31. The highest BCUT2D eigenvalue weighted by Gasteiger charge is 2.22. The van der Waals surface area contributed by atoms with Gasteiger partial charge in [0.15, 0.2) is 5.82 Å². The molecule has 0 aromatic heterocycles. The first-order valence-electron chi connectivity index (χ1n) is 5.50. The maximum atomic E-state index is 13.5. The highest BCUT2D eigenvalue weighted by atomic mass is 35.5. The number of sulfonamides is 1. The second-order valence-electron chi connectivity index (χ2n) is 4.23. The van der Waals surface area contributed by atoms with E-state index in [0.29, 0.717) is 0 Å². The summed E-state index contributed by atoms with van der Waals surface area (Å²) in [6.07, 6.45) is -0.189. The van der Waals surface area contributed by atoms with Crippen molar-refractivity contribution in [1.29, 1.82) is 0 Å². The number of hydrogen-bond acceptors (Lipinski definition) is 3. The molecule has 2 N–H and O–H groups in total. The number of rotatable bonds is 6. The van der Waals surface area contributed by atoms with Gasteiger partial charge in [-0.25, -0.2) is 17.5 Å². The Hall–Kier alpha value is -0.890. The summed E-state index contributed by atoms with van der Waals surface area (Å²) in [5.41, 5.74) is 0. The van der Waals surface area contributed by atoms with Crippen LogP contribution in [0.5, 0.6) is 0 Å². The SMILES string of the molecule is CC(CNS(=O)(=O)c1ccc(Cl)c(F)c1Cl)CC(=O)O. The van der Waals surface area contributed by atoms with Gasteiger partial charge >= 0.3 is 5.97 Å². The molecule has 1 unspecified atom stereocenters. The average Bonchev–Trinajstić information content (AvgIpc) is 2.32. The molecule has 0 aliphatic carbocycles. The van der Waals surface area contributed by atoms with E-state index < -0.39 is 37.6 Å². The summed E-state index contributed by atoms with van der Waals surface area (Å²) in [6, 6.07) is 2.16. The van der Waals surface area contributed by atoms with Crippen molar-refractivity contribution in [3.05, 3.63) is 28.0 Å². The van der Waals surface area contributed by atoms with Gasteiger partial charge in [0, 0.05) is 13.0 Å². The van der Waals surface area contributed by atoms with Gasteiger partial charge in [-0.15, -0.1) is 0 Å². The Morgan fingerprint density at radius 1 is 1.45 bits per heavy atom. The van der Waals surface area contributed by atoms with Gasteiger partial charge in [-0.2, -0.15) is 0 Å². The molecule has 1 atom stereocenters. The van der Waals surface area contributed by atoms with E-state index in [4.69, 9.17) is 28.3 Å². The lowest BCUT2D eigenvalue weighted by molar-refractivity contribution is -0.137. The van der Waals surface area contributed by atoms with Gasteiger partial charge < -0.3 is 5.11 Å². The molecule has 0 bridgehead atoms. The zero-order valence-electron chi connectivity index (χ0n) is 10.4. The molecular formula is C11H12Cl2FNO4S. The Labute approximate surface area is 125 Å². The molecule has 0 aliphatic heterocycles. The van der Waals surface area contributed by atoms with Crippen LogP contribution in [0, 0.1) is 11.7 Å². The summed E-state index contributed by atoms with van der Waals surface area (Å²) in [4.78, 5) is 10.0. The topological polar surface area (TPSA) is 83.5 Å². The predicted octanol–water partition coefficient (Wildman–Crippen LogP) is 2.52. The highest BCUT2D eigenvalue weighted by molar-refractivity contribution is 7.89. The summed E-state index contributed by atoms with van der Waals surface area (Å²) in [5, 5.41) is 7.69. The highest BCUT2D eigenvalue weighted by Crippen LogP contribution is 2.29. The molecular weight excluding hydrogens is 332 g/mol. The number of benzene rings is 1. The van der Waals surface area contributed by atoms with Crippen LogP contribution in [0.25, 0.3) is 0 Å². The van der Waals surface area contributed by atoms with E-state index in [1.165, 1.54) is 0 Å². The Bertz CT molecular complexity index is 621. The lowest BCUT2D eigenvalue weighted by Crippen LogP contribution is -2.29. The molecule has 1 aromatic rings. The lowest BCUT2D eigenvalue weighted by atomic mass is 10.1. The van der Waals surface area contributed by atoms with Gasteiger partial charge in [0.2, 0.25) is 10.0 Å². The number of carboxylic acids is 1. The fourth-order valence-electron chi connectivity index (χ4n) is 1.42. The first-order valence-corrected chi connectivity index (χ1v) is 7.74. The Morgan fingerprint density at radius 2 is 2.05 bits per heavy atom. The van der Waals surface area contributed by atoms with Crippen molar-refractivity contribution in [2.45, 2.75) is 18.2 Å². The van der Waals surface area contributed by atoms with Crippen LogP contribution in [-0.2, 0) is 14.8 Å². The molecule has 9 heteroatoms. The Morgan fingerprint density at radius 3 is 2.60 bits per heavy atom. The molecule has 0 radical (unpaired) electrons. The Kier molecular flexibility index (Phi) is 5.76. The first kappa shape index (κ1) is 17.2. The number of nitrogens with one attached hydrogen (secondary N) is 1. The zero-order chi connectivity index (χ0) is 15.5. The summed E-state index contributed by atoms with van der Waals surface area (Å²) in [6.45, 7) is 1.47. The maximum absolute atomic E-state index is 13.5. The van der Waals surface area contributed by atoms with E-state index in [0.717, 1.165) is 12.1 Å². The standard InChI is InChI=1S/C11H12Cl2FNO4S/c1-6(4-9(16)17)5-15-20(18,19)8-3-2-7(12)11(14)10(8)13/h2-3,6,15H,4-5H2,1H3,(H,16,17). The minimum Gasteiger partial charge on any atom is -0.481 e. The minimum absolute atomic E-state index is 0.102. The fourth-order valence-corrected chi connectivity index (χ4v) is 3.32. The molecule has 0 amide bonds. The molecule has 0 saturated heterocycles. The lowest BCUT2D eigenvalue weighted by Gasteiger charge is -2.12. The normalized spacial score (nSPS) is 13.2. The molecule has 1 aromatic carbocycles. The van der Waals surface area contributed by atoms with Gasteiger partial charge in [0.05, 0.1) is 10.0 Å². The number of aliphatic carboxylic acids is 1. The van der Waals surface area contributed by atoms with Crippen molar-refractivity contribution in [2.24, 2.45) is 5.92 Å². The molecule has 0 fully saturated rings. The first-order chi connectivity index (χ1) is 9.15. The van der Waals surface area contributed by atoms with Crippen molar-refractivity contribution in [3.8, 4) is 0 Å². The number of halogens is 3. The molecule has 0 aliphatic rings. The Balaban J connectivity index is 2.90. The smallest absolute Gasteiger partial charge is 0.303 e. The van der Waals surface area contributed by atoms with Crippen LogP contribution in [0.1, 0.15) is 13.3 Å². The summed E-state index contributed by atoms with van der Waals surface area (Å²) in [7, 11) is -4.03. The largest absolute Gasteiger partial charge is 0.481 e. The quantitative estimate of drug-likeness (QED) is 0.777. The van der Waals surface area contributed by atoms with Gasteiger partial charge in [-0.1, -0.05) is 30.1 Å². The van der Waals surface area contributed by atoms with Gasteiger partial charge in [0.1, 0.15) is 4.90 Å². The van der Waals surface area contributed by atoms with Crippen molar-refractivity contribution in [2.75, 3.05) is 6.54 Å². The van der Waals surface area contributed by atoms with Crippen molar-refractivity contribution >= 4 is 39.2 Å². The van der Waals surface area contributed by atoms with E-state index >= 15 is 0 Å². The van der Waals surface area contributed by atoms with Crippen LogP contribution in [0.3, 0.4) is 0 Å². The molecule has 0 saturated carbocycles. The van der Waals surface area contributed by atoms with Crippen LogP contribution in [0.15, 0.2) is 17.0 Å². The van der Waals surface area contributed by atoms with E-state index in [9.17, 15) is 17.6 Å². The van der Waals surface area contributed by atoms with Crippen LogP contribution < -0.4 is 4.72 Å². The minimum atomic E-state index is -4.03. The summed E-state index contributed by atoms with van der Waals surface area (Å²) < 4.78 is 39.5. The third-order valence-corrected chi connectivity index (χ3v) is 4.67. The van der Waals surface area contributed by atoms with Crippen molar-refractivity contribution in [3.63, 3.8) is 0 Å². The van der Waals surface area contributed by atoms with E-state index in [-0.39, 0.29) is 18.0 Å². The van der Waals surface area contributed by atoms with E-state index in [2.05, 4.69) is 4.72 Å². The van der Waals surface area contributed by atoms with Crippen molar-refractivity contribution < 1.29 is 22.7 Å². The van der Waals surface area contributed by atoms with Crippen LogP contribution in [0.4, 0.5) is 4.39 Å². The van der Waals surface area contributed by atoms with Gasteiger partial charge in [-0.3, -0.25) is 4.79 Å². The summed E-state index contributed by atoms with van der Waals surface area (Å²) in [5.74, 6) is -2.47. The van der Waals surface area contributed by atoms with Crippen LogP contribution in [-0.4, -0.2) is 26.0 Å². The monoisotopic (exact) mass is 343 g/mol. The second kappa shape index (κ2) is 6.71. The predicted molar refractivity (Wildman–Crippen MR) is 73.0 cm³/mol. The molecule has 20 heavy (non-hydrogen) atoms. The molecule has 5 nitrogen and oxygen atoms in total. The molecule has 0 spiro atoms. The van der Waals surface area contributed by atoms with E-state index in [1.54, 1.807) is 6.92 Å². The van der Waals surface area contributed by atoms with Crippen LogP contribution >= 0.6 is 23.2 Å².